The second-order valence-corrected chi connectivity index (χ2v) is 6.11. The van der Waals surface area contributed by atoms with Crippen LogP contribution in [0.5, 0.6) is 0 Å². The lowest BCUT2D eigenvalue weighted by Crippen LogP contribution is -2.41. The Labute approximate surface area is 111 Å². The summed E-state index contributed by atoms with van der Waals surface area (Å²) in [7, 11) is 2.03. The number of carbonyl (C=O) groups excluding carboxylic acids is 1. The zero-order chi connectivity index (χ0) is 12.8. The maximum absolute atomic E-state index is 12.0. The molecule has 3 nitrogen and oxygen atoms in total. The molecule has 0 unspecified atom stereocenters. The van der Waals surface area contributed by atoms with E-state index in [0.29, 0.717) is 23.9 Å². The first-order valence-electron chi connectivity index (χ1n) is 7.74. The molecule has 1 amide bonds. The van der Waals surface area contributed by atoms with E-state index in [9.17, 15) is 4.79 Å². The molecule has 104 valence electrons. The second-order valence-electron chi connectivity index (χ2n) is 6.11. The maximum Gasteiger partial charge on any atom is 0.220 e. The van der Waals surface area contributed by atoms with Crippen molar-refractivity contribution in [1.82, 2.24) is 10.6 Å². The highest BCUT2D eigenvalue weighted by molar-refractivity contribution is 5.76. The smallest absolute Gasteiger partial charge is 0.220 e. The standard InChI is InChI=1S/C15H28N2O/c1-16-13-7-9-14(10-8-13)17-15(18)11-12-5-3-2-4-6-12/h12-14,16H,2-11H2,1H3,(H,17,18). The Kier molecular flexibility index (Phi) is 5.48. The molecule has 2 aliphatic rings. The summed E-state index contributed by atoms with van der Waals surface area (Å²) in [6, 6.07) is 1.10. The molecule has 3 heteroatoms. The van der Waals surface area contributed by atoms with Crippen LogP contribution in [-0.4, -0.2) is 25.0 Å². The summed E-state index contributed by atoms with van der Waals surface area (Å²) < 4.78 is 0. The van der Waals surface area contributed by atoms with Crippen LogP contribution in [0.4, 0.5) is 0 Å². The number of carbonyl (C=O) groups is 1. The second kappa shape index (κ2) is 7.13. The topological polar surface area (TPSA) is 41.1 Å². The van der Waals surface area contributed by atoms with Gasteiger partial charge in [0.2, 0.25) is 5.91 Å². The number of rotatable bonds is 4. The van der Waals surface area contributed by atoms with Gasteiger partial charge in [-0.1, -0.05) is 19.3 Å². The van der Waals surface area contributed by atoms with Crippen LogP contribution in [-0.2, 0) is 4.79 Å². The Hall–Kier alpha value is -0.570. The highest BCUT2D eigenvalue weighted by Crippen LogP contribution is 2.26. The number of hydrogen-bond acceptors (Lipinski definition) is 2. The van der Waals surface area contributed by atoms with Gasteiger partial charge in [-0.3, -0.25) is 4.79 Å². The van der Waals surface area contributed by atoms with Crippen molar-refractivity contribution in [2.45, 2.75) is 76.3 Å². The van der Waals surface area contributed by atoms with Crippen LogP contribution in [0.25, 0.3) is 0 Å². The molecule has 0 heterocycles. The van der Waals surface area contributed by atoms with E-state index < -0.39 is 0 Å². The first-order valence-corrected chi connectivity index (χ1v) is 7.74. The Bertz CT molecular complexity index is 253. The molecule has 2 saturated carbocycles. The minimum absolute atomic E-state index is 0.301. The van der Waals surface area contributed by atoms with Crippen molar-refractivity contribution in [3.63, 3.8) is 0 Å². The molecule has 0 aromatic heterocycles. The van der Waals surface area contributed by atoms with E-state index in [-0.39, 0.29) is 0 Å². The van der Waals surface area contributed by atoms with Crippen LogP contribution in [0.3, 0.4) is 0 Å². The maximum atomic E-state index is 12.0. The molecule has 0 atom stereocenters. The lowest BCUT2D eigenvalue weighted by atomic mass is 9.86. The van der Waals surface area contributed by atoms with Crippen molar-refractivity contribution in [3.05, 3.63) is 0 Å². The van der Waals surface area contributed by atoms with Crippen LogP contribution in [0.2, 0.25) is 0 Å². The molecule has 18 heavy (non-hydrogen) atoms. The first-order chi connectivity index (χ1) is 8.78. The largest absolute Gasteiger partial charge is 0.353 e. The monoisotopic (exact) mass is 252 g/mol. The third kappa shape index (κ3) is 4.27. The summed E-state index contributed by atoms with van der Waals surface area (Å²) in [5.41, 5.74) is 0. The fourth-order valence-electron chi connectivity index (χ4n) is 3.47. The molecule has 0 spiro atoms. The first kappa shape index (κ1) is 13.9. The van der Waals surface area contributed by atoms with Gasteiger partial charge in [0.15, 0.2) is 0 Å². The fourth-order valence-corrected chi connectivity index (χ4v) is 3.47. The van der Waals surface area contributed by atoms with E-state index in [1.807, 2.05) is 7.05 Å². The van der Waals surface area contributed by atoms with Gasteiger partial charge >= 0.3 is 0 Å². The van der Waals surface area contributed by atoms with Gasteiger partial charge in [0.1, 0.15) is 0 Å². The van der Waals surface area contributed by atoms with Crippen molar-refractivity contribution in [2.75, 3.05) is 7.05 Å². The van der Waals surface area contributed by atoms with Crippen LogP contribution in [0, 0.1) is 5.92 Å². The van der Waals surface area contributed by atoms with Crippen molar-refractivity contribution in [3.8, 4) is 0 Å². The number of hydrogen-bond donors (Lipinski definition) is 2. The molecule has 0 aliphatic heterocycles. The normalized spacial score (nSPS) is 30.1. The van der Waals surface area contributed by atoms with E-state index in [2.05, 4.69) is 10.6 Å². The fraction of sp³-hybridized carbons (Fsp3) is 0.933. The molecule has 2 fully saturated rings. The predicted octanol–water partition coefficient (Wildman–Crippen LogP) is 2.60. The van der Waals surface area contributed by atoms with Gasteiger partial charge in [-0.2, -0.15) is 0 Å². The average Bonchev–Trinajstić information content (AvgIpc) is 2.40. The van der Waals surface area contributed by atoms with E-state index in [1.165, 1.54) is 44.9 Å². The van der Waals surface area contributed by atoms with E-state index in [4.69, 9.17) is 0 Å². The number of nitrogens with one attached hydrogen (secondary N) is 2. The highest BCUT2D eigenvalue weighted by atomic mass is 16.1. The molecule has 2 aliphatic carbocycles. The molecular formula is C15H28N2O. The third-order valence-electron chi connectivity index (χ3n) is 4.70. The van der Waals surface area contributed by atoms with Gasteiger partial charge in [-0.25, -0.2) is 0 Å². The summed E-state index contributed by atoms with van der Waals surface area (Å²) in [6.07, 6.45) is 12.0. The van der Waals surface area contributed by atoms with Crippen molar-refractivity contribution in [2.24, 2.45) is 5.92 Å². The zero-order valence-corrected chi connectivity index (χ0v) is 11.7. The van der Waals surface area contributed by atoms with Gasteiger partial charge in [0, 0.05) is 18.5 Å². The lowest BCUT2D eigenvalue weighted by molar-refractivity contribution is -0.123. The summed E-state index contributed by atoms with van der Waals surface area (Å²) in [6.45, 7) is 0. The lowest BCUT2D eigenvalue weighted by Gasteiger charge is -2.29. The van der Waals surface area contributed by atoms with Gasteiger partial charge in [0.25, 0.3) is 0 Å². The van der Waals surface area contributed by atoms with Crippen molar-refractivity contribution >= 4 is 5.91 Å². The molecule has 0 bridgehead atoms. The quantitative estimate of drug-likeness (QED) is 0.807. The van der Waals surface area contributed by atoms with Crippen molar-refractivity contribution in [1.29, 1.82) is 0 Å². The Morgan fingerprint density at radius 3 is 2.17 bits per heavy atom. The average molecular weight is 252 g/mol. The molecule has 0 aromatic rings. The third-order valence-corrected chi connectivity index (χ3v) is 4.70. The summed E-state index contributed by atoms with van der Waals surface area (Å²) in [5, 5.41) is 6.57. The molecule has 0 aromatic carbocycles. The minimum Gasteiger partial charge on any atom is -0.353 e. The van der Waals surface area contributed by atoms with Crippen LogP contribution in [0.15, 0.2) is 0 Å². The van der Waals surface area contributed by atoms with E-state index in [1.54, 1.807) is 0 Å². The molecule has 0 saturated heterocycles. The Balaban J connectivity index is 1.65. The predicted molar refractivity (Wildman–Crippen MR) is 74.4 cm³/mol. The molecule has 0 radical (unpaired) electrons. The SMILES string of the molecule is CNC1CCC(NC(=O)CC2CCCCC2)CC1. The Morgan fingerprint density at radius 2 is 1.56 bits per heavy atom. The molecule has 2 N–H and O–H groups in total. The Morgan fingerprint density at radius 1 is 0.944 bits per heavy atom. The zero-order valence-electron chi connectivity index (χ0n) is 11.7. The summed E-state index contributed by atoms with van der Waals surface area (Å²) >= 11 is 0. The van der Waals surface area contributed by atoms with E-state index in [0.717, 1.165) is 19.3 Å². The highest BCUT2D eigenvalue weighted by Gasteiger charge is 2.23. The molecular weight excluding hydrogens is 224 g/mol. The molecule has 2 rings (SSSR count). The van der Waals surface area contributed by atoms with E-state index >= 15 is 0 Å². The van der Waals surface area contributed by atoms with Crippen LogP contribution >= 0.6 is 0 Å². The van der Waals surface area contributed by atoms with Crippen molar-refractivity contribution < 1.29 is 4.79 Å². The summed E-state index contributed by atoms with van der Waals surface area (Å²) in [4.78, 5) is 12.0. The van der Waals surface area contributed by atoms with Gasteiger partial charge in [-0.05, 0) is 51.5 Å². The van der Waals surface area contributed by atoms with Gasteiger partial charge in [-0.15, -0.1) is 0 Å². The van der Waals surface area contributed by atoms with Gasteiger partial charge < -0.3 is 10.6 Å². The van der Waals surface area contributed by atoms with Crippen LogP contribution < -0.4 is 10.6 Å². The van der Waals surface area contributed by atoms with Gasteiger partial charge in [0.05, 0.1) is 0 Å². The van der Waals surface area contributed by atoms with Crippen LogP contribution in [0.1, 0.15) is 64.2 Å². The minimum atomic E-state index is 0.301. The number of amides is 1. The summed E-state index contributed by atoms with van der Waals surface area (Å²) in [5.74, 6) is 0.960.